The first-order valence-corrected chi connectivity index (χ1v) is 7.86. The van der Waals surface area contributed by atoms with Crippen LogP contribution < -0.4 is 5.32 Å². The van der Waals surface area contributed by atoms with Crippen LogP contribution in [0.25, 0.3) is 0 Å². The van der Waals surface area contributed by atoms with Gasteiger partial charge in [-0.05, 0) is 38.1 Å². The first kappa shape index (κ1) is 16.6. The normalized spacial score (nSPS) is 24.0. The lowest BCUT2D eigenvalue weighted by Gasteiger charge is -2.17. The molecule has 1 aromatic carbocycles. The highest BCUT2D eigenvalue weighted by atomic mass is 79.9. The van der Waals surface area contributed by atoms with Crippen LogP contribution in [0.5, 0.6) is 0 Å². The molecule has 2 atom stereocenters. The monoisotopic (exact) mass is 393 g/mol. The summed E-state index contributed by atoms with van der Waals surface area (Å²) in [5, 5.41) is 2.66. The molecule has 2 rings (SSSR count). The Hall–Kier alpha value is -0.780. The fraction of sp³-hybridized carbons (Fsp3) is 0.429. The van der Waals surface area contributed by atoms with Crippen LogP contribution in [0.4, 0.5) is 5.69 Å². The Kier molecular flexibility index (Phi) is 4.57. The van der Waals surface area contributed by atoms with E-state index < -0.39 is 27.7 Å². The van der Waals surface area contributed by atoms with Crippen molar-refractivity contribution in [3.8, 4) is 0 Å². The quantitative estimate of drug-likeness (QED) is 0.622. The Morgan fingerprint density at radius 2 is 1.86 bits per heavy atom. The lowest BCUT2D eigenvalue weighted by Crippen LogP contribution is -2.33. The number of carbonyl (C=O) groups excluding carboxylic acids is 2. The maximum Gasteiger partial charge on any atom is 0.315 e. The van der Waals surface area contributed by atoms with E-state index in [0.717, 1.165) is 4.47 Å². The van der Waals surface area contributed by atoms with Crippen LogP contribution in [0.2, 0.25) is 0 Å². The molecule has 21 heavy (non-hydrogen) atoms. The molecule has 4 nitrogen and oxygen atoms in total. The van der Waals surface area contributed by atoms with Crippen molar-refractivity contribution in [3.05, 3.63) is 28.7 Å². The van der Waals surface area contributed by atoms with Gasteiger partial charge in [-0.25, -0.2) is 0 Å². The zero-order valence-electron chi connectivity index (χ0n) is 11.5. The summed E-state index contributed by atoms with van der Waals surface area (Å²) in [5.74, 6) is -0.976. The molecular weight excluding hydrogens is 381 g/mol. The van der Waals surface area contributed by atoms with Crippen molar-refractivity contribution in [1.82, 2.24) is 0 Å². The number of esters is 1. The Balaban J connectivity index is 1.91. The van der Waals surface area contributed by atoms with E-state index in [1.54, 1.807) is 31.2 Å². The molecule has 0 heterocycles. The largest absolute Gasteiger partial charge is 0.452 e. The van der Waals surface area contributed by atoms with Crippen molar-refractivity contribution >= 4 is 56.7 Å². The van der Waals surface area contributed by atoms with E-state index in [0.29, 0.717) is 12.1 Å². The first-order valence-electron chi connectivity index (χ1n) is 6.31. The summed E-state index contributed by atoms with van der Waals surface area (Å²) in [6.45, 7) is 3.12. The fourth-order valence-corrected chi connectivity index (χ4v) is 2.70. The average molecular weight is 395 g/mol. The van der Waals surface area contributed by atoms with E-state index in [2.05, 4.69) is 21.2 Å². The van der Waals surface area contributed by atoms with Gasteiger partial charge in [0.1, 0.15) is 9.75 Å². The summed E-state index contributed by atoms with van der Waals surface area (Å²) in [4.78, 5) is 24.0. The Morgan fingerprint density at radius 1 is 1.33 bits per heavy atom. The molecule has 0 aliphatic heterocycles. The number of nitrogens with one attached hydrogen (secondary N) is 1. The van der Waals surface area contributed by atoms with Gasteiger partial charge < -0.3 is 10.1 Å². The maximum absolute atomic E-state index is 12.0. The summed E-state index contributed by atoms with van der Waals surface area (Å²) in [5.41, 5.74) is -0.324. The molecule has 1 aliphatic carbocycles. The van der Waals surface area contributed by atoms with Gasteiger partial charge in [0.2, 0.25) is 0 Å². The summed E-state index contributed by atoms with van der Waals surface area (Å²) in [7, 11) is 0. The number of benzene rings is 1. The maximum atomic E-state index is 12.0. The van der Waals surface area contributed by atoms with Crippen LogP contribution >= 0.6 is 39.1 Å². The molecule has 114 valence electrons. The molecule has 0 bridgehead atoms. The van der Waals surface area contributed by atoms with Gasteiger partial charge in [0, 0.05) is 16.6 Å². The topological polar surface area (TPSA) is 55.4 Å². The predicted octanol–water partition coefficient (Wildman–Crippen LogP) is 3.90. The number of anilines is 1. The number of carbonyl (C=O) groups is 2. The molecular formula is C14H14BrCl2NO3. The number of amides is 1. The molecule has 1 amide bonds. The van der Waals surface area contributed by atoms with E-state index in [1.165, 1.54) is 6.92 Å². The highest BCUT2D eigenvalue weighted by Crippen LogP contribution is 2.64. The third-order valence-electron chi connectivity index (χ3n) is 3.47. The number of rotatable bonds is 4. The van der Waals surface area contributed by atoms with Crippen molar-refractivity contribution in [2.45, 2.75) is 30.7 Å². The van der Waals surface area contributed by atoms with Gasteiger partial charge >= 0.3 is 5.97 Å². The van der Waals surface area contributed by atoms with Crippen molar-refractivity contribution in [2.24, 2.45) is 5.41 Å². The molecule has 1 fully saturated rings. The molecule has 0 aromatic heterocycles. The molecule has 0 saturated heterocycles. The lowest BCUT2D eigenvalue weighted by molar-refractivity contribution is -0.158. The average Bonchev–Trinajstić information content (AvgIpc) is 2.92. The Bertz CT molecular complexity index is 576. The van der Waals surface area contributed by atoms with Crippen LogP contribution in [-0.2, 0) is 14.3 Å². The minimum absolute atomic E-state index is 0.322. The lowest BCUT2D eigenvalue weighted by atomic mass is 10.1. The number of halogens is 3. The summed E-state index contributed by atoms with van der Waals surface area (Å²) < 4.78 is 4.94. The summed E-state index contributed by atoms with van der Waals surface area (Å²) in [6.07, 6.45) is -0.606. The number of hydrogen-bond acceptors (Lipinski definition) is 3. The van der Waals surface area contributed by atoms with Crippen LogP contribution in [0.15, 0.2) is 28.7 Å². The van der Waals surface area contributed by atoms with Crippen LogP contribution in [0, 0.1) is 5.41 Å². The molecule has 0 radical (unpaired) electrons. The number of hydrogen-bond donors (Lipinski definition) is 1. The zero-order chi connectivity index (χ0) is 15.8. The SMILES string of the molecule is CC(OC(=O)C1(C)CC1(Cl)Cl)C(=O)Nc1ccc(Br)cc1. The van der Waals surface area contributed by atoms with Gasteiger partial charge in [-0.3, -0.25) is 9.59 Å². The van der Waals surface area contributed by atoms with Crippen molar-refractivity contribution in [3.63, 3.8) is 0 Å². The fourth-order valence-electron chi connectivity index (χ4n) is 1.74. The third-order valence-corrected chi connectivity index (χ3v) is 5.10. The third kappa shape index (κ3) is 3.52. The van der Waals surface area contributed by atoms with Gasteiger partial charge in [0.05, 0.1) is 0 Å². The number of ether oxygens (including phenoxy) is 1. The van der Waals surface area contributed by atoms with Gasteiger partial charge in [0.25, 0.3) is 5.91 Å². The second kappa shape index (κ2) is 5.78. The van der Waals surface area contributed by atoms with Crippen LogP contribution in [-0.4, -0.2) is 22.3 Å². The molecule has 1 saturated carbocycles. The van der Waals surface area contributed by atoms with E-state index in [1.807, 2.05) is 0 Å². The Labute approximate surface area is 141 Å². The molecule has 7 heteroatoms. The highest BCUT2D eigenvalue weighted by Gasteiger charge is 2.69. The van der Waals surface area contributed by atoms with Crippen molar-refractivity contribution in [2.75, 3.05) is 5.32 Å². The smallest absolute Gasteiger partial charge is 0.315 e. The van der Waals surface area contributed by atoms with E-state index in [4.69, 9.17) is 27.9 Å². The first-order chi connectivity index (χ1) is 9.65. The minimum Gasteiger partial charge on any atom is -0.452 e. The highest BCUT2D eigenvalue weighted by molar-refractivity contribution is 9.10. The van der Waals surface area contributed by atoms with E-state index in [-0.39, 0.29) is 0 Å². The van der Waals surface area contributed by atoms with Gasteiger partial charge in [-0.15, -0.1) is 23.2 Å². The van der Waals surface area contributed by atoms with Crippen molar-refractivity contribution in [1.29, 1.82) is 0 Å². The molecule has 1 N–H and O–H groups in total. The van der Waals surface area contributed by atoms with Crippen LogP contribution in [0.3, 0.4) is 0 Å². The van der Waals surface area contributed by atoms with Gasteiger partial charge in [0.15, 0.2) is 6.10 Å². The number of alkyl halides is 2. The van der Waals surface area contributed by atoms with E-state index >= 15 is 0 Å². The summed E-state index contributed by atoms with van der Waals surface area (Å²) >= 11 is 15.1. The van der Waals surface area contributed by atoms with Crippen molar-refractivity contribution < 1.29 is 14.3 Å². The Morgan fingerprint density at radius 3 is 2.33 bits per heavy atom. The standard InChI is InChI=1S/C14H14BrCl2NO3/c1-8(21-12(20)13(2)7-14(13,16)17)11(19)18-10-5-3-9(15)4-6-10/h3-6,8H,7H2,1-2H3,(H,18,19). The minimum atomic E-state index is -1.11. The van der Waals surface area contributed by atoms with Crippen LogP contribution in [0.1, 0.15) is 20.3 Å². The van der Waals surface area contributed by atoms with Gasteiger partial charge in [-0.2, -0.15) is 0 Å². The zero-order valence-corrected chi connectivity index (χ0v) is 14.6. The predicted molar refractivity (Wildman–Crippen MR) is 85.5 cm³/mol. The second-order valence-corrected chi connectivity index (χ2v) is 7.66. The molecule has 1 aromatic rings. The molecule has 0 spiro atoms. The molecule has 1 aliphatic rings. The van der Waals surface area contributed by atoms with E-state index in [9.17, 15) is 9.59 Å². The summed E-state index contributed by atoms with van der Waals surface area (Å²) in [6, 6.07) is 7.07. The molecule has 2 unspecified atom stereocenters. The second-order valence-electron chi connectivity index (χ2n) is 5.26. The van der Waals surface area contributed by atoms with Gasteiger partial charge in [-0.1, -0.05) is 15.9 Å².